The Morgan fingerprint density at radius 2 is 1.58 bits per heavy atom. The van der Waals surface area contributed by atoms with Gasteiger partial charge >= 0.3 is 5.97 Å². The molecule has 0 spiro atoms. The average Bonchev–Trinajstić information content (AvgIpc) is 2.59. The molecule has 4 nitrogen and oxygen atoms in total. The molecule has 0 bridgehead atoms. The van der Waals surface area contributed by atoms with Crippen LogP contribution in [-0.4, -0.2) is 20.6 Å². The molecule has 0 heterocycles. The van der Waals surface area contributed by atoms with Crippen LogP contribution in [0.2, 0.25) is 0 Å². The summed E-state index contributed by atoms with van der Waals surface area (Å²) in [5.74, 6) is -0.483. The third kappa shape index (κ3) is 3.46. The maximum Gasteiger partial charge on any atom is 0.338 e. The number of fused-ring (bicyclic) bond motifs is 1. The predicted octanol–water partition coefficient (Wildman–Crippen LogP) is 3.60. The molecule has 0 aromatic heterocycles. The molecule has 3 rings (SSSR count). The van der Waals surface area contributed by atoms with Crippen LogP contribution < -0.4 is 0 Å². The Hall–Kier alpha value is -2.66. The van der Waals surface area contributed by atoms with Gasteiger partial charge in [0.25, 0.3) is 0 Å². The van der Waals surface area contributed by atoms with Crippen LogP contribution in [-0.2, 0) is 21.2 Å². The lowest BCUT2D eigenvalue weighted by molar-refractivity contribution is 0.0474. The first kappa shape index (κ1) is 16.2. The highest BCUT2D eigenvalue weighted by Gasteiger charge is 2.11. The van der Waals surface area contributed by atoms with Gasteiger partial charge in [0, 0.05) is 6.26 Å². The lowest BCUT2D eigenvalue weighted by Gasteiger charge is -2.08. The van der Waals surface area contributed by atoms with Gasteiger partial charge in [0.15, 0.2) is 9.84 Å². The van der Waals surface area contributed by atoms with Crippen molar-refractivity contribution in [2.24, 2.45) is 0 Å². The zero-order valence-electron chi connectivity index (χ0n) is 13.1. The molecule has 0 saturated carbocycles. The van der Waals surface area contributed by atoms with Crippen LogP contribution in [0.1, 0.15) is 15.9 Å². The van der Waals surface area contributed by atoms with E-state index in [1.807, 2.05) is 42.5 Å². The minimum absolute atomic E-state index is 0.161. The topological polar surface area (TPSA) is 60.4 Å². The highest BCUT2D eigenvalue weighted by atomic mass is 32.2. The fourth-order valence-corrected chi connectivity index (χ4v) is 3.11. The molecule has 0 amide bonds. The van der Waals surface area contributed by atoms with Gasteiger partial charge in [0.1, 0.15) is 6.61 Å². The summed E-state index contributed by atoms with van der Waals surface area (Å²) in [6.45, 7) is 0.161. The summed E-state index contributed by atoms with van der Waals surface area (Å²) in [6, 6.07) is 19.5. The molecule has 3 aromatic carbocycles. The number of esters is 1. The van der Waals surface area contributed by atoms with E-state index in [1.54, 1.807) is 0 Å². The van der Waals surface area contributed by atoms with Crippen molar-refractivity contribution < 1.29 is 17.9 Å². The van der Waals surface area contributed by atoms with E-state index in [9.17, 15) is 13.2 Å². The number of benzene rings is 3. The normalized spacial score (nSPS) is 11.4. The molecule has 0 fully saturated rings. The first-order valence-corrected chi connectivity index (χ1v) is 9.28. The van der Waals surface area contributed by atoms with E-state index < -0.39 is 15.8 Å². The van der Waals surface area contributed by atoms with Gasteiger partial charge in [-0.15, -0.1) is 0 Å². The van der Waals surface area contributed by atoms with E-state index in [1.165, 1.54) is 24.3 Å². The fraction of sp³-hybridized carbons (Fsp3) is 0.105. The second-order valence-corrected chi connectivity index (χ2v) is 7.53. The maximum absolute atomic E-state index is 12.1. The third-order valence-corrected chi connectivity index (χ3v) is 4.89. The first-order chi connectivity index (χ1) is 11.4. The molecule has 3 aromatic rings. The largest absolute Gasteiger partial charge is 0.457 e. The SMILES string of the molecule is CS(=O)(=O)c1ccc(C(=O)OCc2cccc3ccccc23)cc1. The zero-order valence-corrected chi connectivity index (χ0v) is 13.9. The molecule has 5 heteroatoms. The summed E-state index contributed by atoms with van der Waals surface area (Å²) in [7, 11) is -3.28. The van der Waals surface area contributed by atoms with Gasteiger partial charge in [0.2, 0.25) is 0 Å². The molecular formula is C19H16O4S. The average molecular weight is 340 g/mol. The van der Waals surface area contributed by atoms with Crippen molar-refractivity contribution in [2.45, 2.75) is 11.5 Å². The quantitative estimate of drug-likeness (QED) is 0.681. The van der Waals surface area contributed by atoms with Crippen molar-refractivity contribution in [3.8, 4) is 0 Å². The number of rotatable bonds is 4. The van der Waals surface area contributed by atoms with Crippen LogP contribution >= 0.6 is 0 Å². The van der Waals surface area contributed by atoms with Crippen LogP contribution in [0.4, 0.5) is 0 Å². The minimum atomic E-state index is -3.28. The van der Waals surface area contributed by atoms with Crippen molar-refractivity contribution in [1.82, 2.24) is 0 Å². The molecule has 0 aliphatic carbocycles. The van der Waals surface area contributed by atoms with Crippen LogP contribution in [0.25, 0.3) is 10.8 Å². The zero-order chi connectivity index (χ0) is 17.2. The van der Waals surface area contributed by atoms with Crippen molar-refractivity contribution in [3.63, 3.8) is 0 Å². The Kier molecular flexibility index (Phi) is 4.36. The van der Waals surface area contributed by atoms with E-state index in [4.69, 9.17) is 4.74 Å². The number of sulfone groups is 1. The van der Waals surface area contributed by atoms with Gasteiger partial charge in [-0.3, -0.25) is 0 Å². The monoisotopic (exact) mass is 340 g/mol. The number of hydrogen-bond acceptors (Lipinski definition) is 4. The Bertz CT molecular complexity index is 984. The van der Waals surface area contributed by atoms with Crippen molar-refractivity contribution in [3.05, 3.63) is 77.9 Å². The molecule has 0 atom stereocenters. The van der Waals surface area contributed by atoms with Crippen LogP contribution in [0, 0.1) is 0 Å². The lowest BCUT2D eigenvalue weighted by atomic mass is 10.1. The second kappa shape index (κ2) is 6.45. The van der Waals surface area contributed by atoms with Gasteiger partial charge in [-0.05, 0) is 40.6 Å². The number of ether oxygens (including phenoxy) is 1. The van der Waals surface area contributed by atoms with Gasteiger partial charge in [-0.1, -0.05) is 42.5 Å². The van der Waals surface area contributed by atoms with E-state index in [-0.39, 0.29) is 11.5 Å². The highest BCUT2D eigenvalue weighted by Crippen LogP contribution is 2.20. The Morgan fingerprint density at radius 3 is 2.29 bits per heavy atom. The molecule has 122 valence electrons. The second-order valence-electron chi connectivity index (χ2n) is 5.51. The number of carbonyl (C=O) groups excluding carboxylic acids is 1. The predicted molar refractivity (Wildman–Crippen MR) is 92.6 cm³/mol. The molecule has 0 unspecified atom stereocenters. The molecule has 0 aliphatic rings. The van der Waals surface area contributed by atoms with Crippen molar-refractivity contribution >= 4 is 26.6 Å². The maximum atomic E-state index is 12.1. The summed E-state index contributed by atoms with van der Waals surface area (Å²) in [5, 5.41) is 2.13. The molecule has 0 N–H and O–H groups in total. The molecular weight excluding hydrogens is 324 g/mol. The highest BCUT2D eigenvalue weighted by molar-refractivity contribution is 7.90. The van der Waals surface area contributed by atoms with E-state index >= 15 is 0 Å². The number of hydrogen-bond donors (Lipinski definition) is 0. The van der Waals surface area contributed by atoms with E-state index in [2.05, 4.69) is 0 Å². The fourth-order valence-electron chi connectivity index (χ4n) is 2.48. The molecule has 0 saturated heterocycles. The summed E-state index contributed by atoms with van der Waals surface area (Å²) >= 11 is 0. The van der Waals surface area contributed by atoms with Gasteiger partial charge in [0.05, 0.1) is 10.5 Å². The standard InChI is InChI=1S/C19H16O4S/c1-24(21,22)17-11-9-15(10-12-17)19(20)23-13-16-7-4-6-14-5-2-3-8-18(14)16/h2-12H,13H2,1H3. The van der Waals surface area contributed by atoms with E-state index in [0.29, 0.717) is 5.56 Å². The smallest absolute Gasteiger partial charge is 0.338 e. The molecule has 0 radical (unpaired) electrons. The van der Waals surface area contributed by atoms with Crippen molar-refractivity contribution in [2.75, 3.05) is 6.26 Å². The van der Waals surface area contributed by atoms with Crippen LogP contribution in [0.5, 0.6) is 0 Å². The Balaban J connectivity index is 1.75. The van der Waals surface area contributed by atoms with Gasteiger partial charge in [-0.2, -0.15) is 0 Å². The molecule has 0 aliphatic heterocycles. The summed E-state index contributed by atoms with van der Waals surface area (Å²) < 4.78 is 28.2. The number of carbonyl (C=O) groups is 1. The summed E-state index contributed by atoms with van der Waals surface area (Å²) in [6.07, 6.45) is 1.13. The molecule has 24 heavy (non-hydrogen) atoms. The lowest BCUT2D eigenvalue weighted by Crippen LogP contribution is -2.06. The van der Waals surface area contributed by atoms with Crippen LogP contribution in [0.3, 0.4) is 0 Å². The summed E-state index contributed by atoms with van der Waals surface area (Å²) in [4.78, 5) is 12.3. The van der Waals surface area contributed by atoms with Gasteiger partial charge in [-0.25, -0.2) is 13.2 Å². The summed E-state index contributed by atoms with van der Waals surface area (Å²) in [5.41, 5.74) is 1.25. The Labute approximate surface area is 140 Å². The van der Waals surface area contributed by atoms with Crippen LogP contribution in [0.15, 0.2) is 71.6 Å². The van der Waals surface area contributed by atoms with Gasteiger partial charge < -0.3 is 4.74 Å². The first-order valence-electron chi connectivity index (χ1n) is 7.39. The Morgan fingerprint density at radius 1 is 0.917 bits per heavy atom. The van der Waals surface area contributed by atoms with E-state index in [0.717, 1.165) is 22.6 Å². The van der Waals surface area contributed by atoms with Crippen molar-refractivity contribution in [1.29, 1.82) is 0 Å². The third-order valence-electron chi connectivity index (χ3n) is 3.76. The minimum Gasteiger partial charge on any atom is -0.457 e.